The van der Waals surface area contributed by atoms with Gasteiger partial charge in [0, 0.05) is 6.54 Å². The van der Waals surface area contributed by atoms with Gasteiger partial charge in [-0.3, -0.25) is 10.2 Å². The number of carboxylic acids is 1. The second kappa shape index (κ2) is 10.2. The van der Waals surface area contributed by atoms with Crippen molar-refractivity contribution in [2.24, 2.45) is 5.10 Å². The van der Waals surface area contributed by atoms with Crippen molar-refractivity contribution in [3.8, 4) is 0 Å². The van der Waals surface area contributed by atoms with Gasteiger partial charge in [0.2, 0.25) is 10.0 Å². The largest absolute Gasteiger partial charge is 0.480 e. The highest BCUT2D eigenvalue weighted by Crippen LogP contribution is 2.12. The summed E-state index contributed by atoms with van der Waals surface area (Å²) in [7, 11) is -3.90. The van der Waals surface area contributed by atoms with Gasteiger partial charge in [-0.15, -0.1) is 0 Å². The number of sulfonamides is 1. The number of nitrogens with zero attached hydrogens (tertiary/aromatic N) is 1. The Balaban J connectivity index is 2.75. The molecule has 0 saturated heterocycles. The van der Waals surface area contributed by atoms with E-state index in [2.05, 4.69) is 27.5 Å². The Bertz CT molecular complexity index is 761. The van der Waals surface area contributed by atoms with Gasteiger partial charge >= 0.3 is 5.97 Å². The van der Waals surface area contributed by atoms with Crippen molar-refractivity contribution in [1.82, 2.24) is 15.5 Å². The molecule has 4 N–H and O–H groups in total. The maximum atomic E-state index is 12.1. The third-order valence-corrected chi connectivity index (χ3v) is 5.22. The predicted molar refractivity (Wildman–Crippen MR) is 105 cm³/mol. The lowest BCUT2D eigenvalue weighted by molar-refractivity contribution is -0.138. The molecule has 0 aliphatic rings. The maximum absolute atomic E-state index is 12.1. The van der Waals surface area contributed by atoms with Gasteiger partial charge in [-0.2, -0.15) is 9.82 Å². The number of benzene rings is 1. The number of thiocarbonyl (C=S) groups is 1. The first-order chi connectivity index (χ1) is 12.2. The van der Waals surface area contributed by atoms with Crippen LogP contribution in [0.3, 0.4) is 0 Å². The first-order valence-corrected chi connectivity index (χ1v) is 10.00. The minimum Gasteiger partial charge on any atom is -0.480 e. The molecule has 144 valence electrons. The average molecular weight is 401 g/mol. The van der Waals surface area contributed by atoms with Gasteiger partial charge < -0.3 is 10.4 Å². The summed E-state index contributed by atoms with van der Waals surface area (Å²) in [6.07, 6.45) is 2.07. The molecular weight excluding hydrogens is 376 g/mol. The molecule has 1 aromatic carbocycles. The van der Waals surface area contributed by atoms with Crippen LogP contribution in [0.1, 0.15) is 39.2 Å². The first-order valence-electron chi connectivity index (χ1n) is 8.11. The molecule has 0 radical (unpaired) electrons. The topological polar surface area (TPSA) is 120 Å². The fraction of sp³-hybridized carbons (Fsp3) is 0.438. The van der Waals surface area contributed by atoms with Crippen LogP contribution < -0.4 is 15.5 Å². The van der Waals surface area contributed by atoms with E-state index in [9.17, 15) is 13.2 Å². The number of hydrogen-bond acceptors (Lipinski definition) is 5. The zero-order valence-electron chi connectivity index (χ0n) is 14.9. The molecule has 0 unspecified atom stereocenters. The summed E-state index contributed by atoms with van der Waals surface area (Å²) < 4.78 is 26.3. The Hall–Kier alpha value is -2.04. The lowest BCUT2D eigenvalue weighted by atomic mass is 10.1. The van der Waals surface area contributed by atoms with Gasteiger partial charge in [0.15, 0.2) is 5.11 Å². The summed E-state index contributed by atoms with van der Waals surface area (Å²) in [6.45, 7) is 5.87. The molecule has 0 saturated carbocycles. The number of rotatable bonds is 9. The van der Waals surface area contributed by atoms with Crippen molar-refractivity contribution >= 4 is 39.0 Å². The second-order valence-electron chi connectivity index (χ2n) is 5.62. The van der Waals surface area contributed by atoms with Crippen molar-refractivity contribution in [2.45, 2.75) is 44.6 Å². The van der Waals surface area contributed by atoms with Crippen LogP contribution in [0.4, 0.5) is 0 Å². The SMILES string of the molecule is CCCCNC(=S)N/N=C(/C)c1ccc(S(=O)(=O)N[C@@H](C)C(=O)O)cc1. The smallest absolute Gasteiger partial charge is 0.321 e. The highest BCUT2D eigenvalue weighted by atomic mass is 32.2. The third kappa shape index (κ3) is 7.06. The van der Waals surface area contributed by atoms with E-state index in [1.165, 1.54) is 19.1 Å². The zero-order chi connectivity index (χ0) is 19.7. The highest BCUT2D eigenvalue weighted by molar-refractivity contribution is 7.89. The molecule has 10 heteroatoms. The minimum atomic E-state index is -3.90. The quantitative estimate of drug-likeness (QED) is 0.214. The number of aliphatic carboxylic acids is 1. The number of carbonyl (C=O) groups is 1. The van der Waals surface area contributed by atoms with E-state index in [1.54, 1.807) is 19.1 Å². The molecule has 1 rings (SSSR count). The number of carboxylic acid groups (broad SMARTS) is 1. The van der Waals surface area contributed by atoms with Crippen molar-refractivity contribution in [3.63, 3.8) is 0 Å². The molecule has 26 heavy (non-hydrogen) atoms. The van der Waals surface area contributed by atoms with Crippen LogP contribution in [0.5, 0.6) is 0 Å². The number of nitrogens with one attached hydrogen (secondary N) is 3. The molecular formula is C16H24N4O4S2. The molecule has 1 atom stereocenters. The Morgan fingerprint density at radius 1 is 1.31 bits per heavy atom. The van der Waals surface area contributed by atoms with E-state index >= 15 is 0 Å². The van der Waals surface area contributed by atoms with E-state index in [1.807, 2.05) is 0 Å². The van der Waals surface area contributed by atoms with E-state index in [0.717, 1.165) is 19.4 Å². The van der Waals surface area contributed by atoms with Crippen LogP contribution in [0, 0.1) is 0 Å². The van der Waals surface area contributed by atoms with Gasteiger partial charge in [0.25, 0.3) is 0 Å². The fourth-order valence-electron chi connectivity index (χ4n) is 1.84. The van der Waals surface area contributed by atoms with Gasteiger partial charge in [-0.05, 0) is 50.2 Å². The van der Waals surface area contributed by atoms with Crippen molar-refractivity contribution in [3.05, 3.63) is 29.8 Å². The van der Waals surface area contributed by atoms with Gasteiger partial charge in [-0.25, -0.2) is 8.42 Å². The summed E-state index contributed by atoms with van der Waals surface area (Å²) in [5.41, 5.74) is 4.07. The summed E-state index contributed by atoms with van der Waals surface area (Å²) in [4.78, 5) is 10.8. The lowest BCUT2D eigenvalue weighted by Crippen LogP contribution is -2.38. The lowest BCUT2D eigenvalue weighted by Gasteiger charge is -2.11. The number of unbranched alkanes of at least 4 members (excludes halogenated alkanes) is 1. The van der Waals surface area contributed by atoms with Crippen LogP contribution >= 0.6 is 12.2 Å². The maximum Gasteiger partial charge on any atom is 0.321 e. The van der Waals surface area contributed by atoms with E-state index in [0.29, 0.717) is 16.4 Å². The molecule has 0 heterocycles. The molecule has 0 aromatic heterocycles. The summed E-state index contributed by atoms with van der Waals surface area (Å²) in [5.74, 6) is -1.25. The van der Waals surface area contributed by atoms with Crippen LogP contribution in [0.2, 0.25) is 0 Å². The van der Waals surface area contributed by atoms with Crippen molar-refractivity contribution in [2.75, 3.05) is 6.54 Å². The molecule has 0 aliphatic heterocycles. The Labute approximate surface area is 159 Å². The second-order valence-corrected chi connectivity index (χ2v) is 7.75. The standard InChI is InChI=1S/C16H24N4O4S2/c1-4-5-10-17-16(25)19-18-11(2)13-6-8-14(9-7-13)26(23,24)20-12(3)15(21)22/h6-9,12,20H,4-5,10H2,1-3H3,(H,21,22)(H2,17,19,25)/b18-11-/t12-/m0/s1. The Morgan fingerprint density at radius 3 is 2.46 bits per heavy atom. The molecule has 1 aromatic rings. The Kier molecular flexibility index (Phi) is 8.62. The highest BCUT2D eigenvalue weighted by Gasteiger charge is 2.21. The number of hydrogen-bond donors (Lipinski definition) is 4. The predicted octanol–water partition coefficient (Wildman–Crippen LogP) is 1.43. The molecule has 8 nitrogen and oxygen atoms in total. The summed E-state index contributed by atoms with van der Waals surface area (Å²) >= 11 is 5.10. The molecule has 0 fully saturated rings. The molecule has 0 aliphatic carbocycles. The van der Waals surface area contributed by atoms with Crippen molar-refractivity contribution in [1.29, 1.82) is 0 Å². The van der Waals surface area contributed by atoms with Crippen LogP contribution in [0.25, 0.3) is 0 Å². The van der Waals surface area contributed by atoms with Crippen LogP contribution in [0.15, 0.2) is 34.3 Å². The van der Waals surface area contributed by atoms with Crippen LogP contribution in [-0.4, -0.2) is 42.9 Å². The van der Waals surface area contributed by atoms with Crippen LogP contribution in [-0.2, 0) is 14.8 Å². The molecule has 0 bridgehead atoms. The normalized spacial score (nSPS) is 13.1. The first kappa shape index (κ1) is 22.0. The van der Waals surface area contributed by atoms with E-state index in [4.69, 9.17) is 17.3 Å². The van der Waals surface area contributed by atoms with Crippen molar-refractivity contribution < 1.29 is 18.3 Å². The zero-order valence-corrected chi connectivity index (χ0v) is 16.6. The third-order valence-electron chi connectivity index (χ3n) is 3.43. The monoisotopic (exact) mass is 400 g/mol. The van der Waals surface area contributed by atoms with Gasteiger partial charge in [0.05, 0.1) is 10.6 Å². The van der Waals surface area contributed by atoms with Gasteiger partial charge in [-0.1, -0.05) is 25.5 Å². The Morgan fingerprint density at radius 2 is 1.92 bits per heavy atom. The van der Waals surface area contributed by atoms with E-state index in [-0.39, 0.29) is 4.90 Å². The molecule has 0 amide bonds. The summed E-state index contributed by atoms with van der Waals surface area (Å²) in [6, 6.07) is 4.75. The number of hydrazone groups is 1. The molecule has 0 spiro atoms. The fourth-order valence-corrected chi connectivity index (χ4v) is 3.19. The average Bonchev–Trinajstić information content (AvgIpc) is 2.59. The summed E-state index contributed by atoms with van der Waals surface area (Å²) in [5, 5.41) is 16.4. The minimum absolute atomic E-state index is 0.0214. The van der Waals surface area contributed by atoms with Gasteiger partial charge in [0.1, 0.15) is 6.04 Å². The van der Waals surface area contributed by atoms with E-state index < -0.39 is 22.0 Å².